The third kappa shape index (κ3) is 3.18. The Morgan fingerprint density at radius 1 is 1.24 bits per heavy atom. The molecule has 1 saturated carbocycles. The molecule has 0 atom stereocenters. The van der Waals surface area contributed by atoms with Crippen LogP contribution in [0.5, 0.6) is 0 Å². The van der Waals surface area contributed by atoms with Crippen LogP contribution in [0.1, 0.15) is 39.3 Å². The quantitative estimate of drug-likeness (QED) is 0.849. The van der Waals surface area contributed by atoms with Gasteiger partial charge in [-0.25, -0.2) is 13.4 Å². The van der Waals surface area contributed by atoms with Crippen LogP contribution in [0.25, 0.3) is 0 Å². The van der Waals surface area contributed by atoms with Gasteiger partial charge in [-0.15, -0.1) is 0 Å². The third-order valence-electron chi connectivity index (χ3n) is 4.37. The Morgan fingerprint density at radius 3 is 2.32 bits per heavy atom. The van der Waals surface area contributed by atoms with Crippen molar-refractivity contribution >= 4 is 33.3 Å². The standard InChI is InChI=1S/C17H20ClN3O3S/c1-16(2,3)13-10-19-15(20-13)21-14(22)17(8-9-17)25(23,24)12-6-4-11(18)5-7-12/h4-7,10H,8-9H2,1-3H3,(H2,19,20,21,22). The topological polar surface area (TPSA) is 91.9 Å². The minimum Gasteiger partial charge on any atom is -0.327 e. The minimum absolute atomic E-state index is 0.0966. The van der Waals surface area contributed by atoms with Crippen LogP contribution in [-0.4, -0.2) is 29.0 Å². The highest BCUT2D eigenvalue weighted by Gasteiger charge is 2.61. The third-order valence-corrected chi connectivity index (χ3v) is 7.14. The van der Waals surface area contributed by atoms with Crippen LogP contribution in [0.15, 0.2) is 35.4 Å². The first kappa shape index (κ1) is 17.9. The van der Waals surface area contributed by atoms with E-state index in [1.165, 1.54) is 24.3 Å². The Kier molecular flexibility index (Phi) is 4.20. The van der Waals surface area contributed by atoms with Crippen LogP contribution in [0.3, 0.4) is 0 Å². The zero-order chi connectivity index (χ0) is 18.5. The maximum absolute atomic E-state index is 12.9. The number of H-pyrrole nitrogens is 1. The summed E-state index contributed by atoms with van der Waals surface area (Å²) in [4.78, 5) is 19.9. The van der Waals surface area contributed by atoms with E-state index in [-0.39, 0.29) is 29.1 Å². The molecule has 2 N–H and O–H groups in total. The van der Waals surface area contributed by atoms with Crippen molar-refractivity contribution in [1.29, 1.82) is 0 Å². The minimum atomic E-state index is -3.80. The summed E-state index contributed by atoms with van der Waals surface area (Å²) in [5, 5.41) is 3.06. The Labute approximate surface area is 151 Å². The zero-order valence-corrected chi connectivity index (χ0v) is 15.8. The van der Waals surface area contributed by atoms with Gasteiger partial charge in [-0.05, 0) is 37.1 Å². The lowest BCUT2D eigenvalue weighted by Crippen LogP contribution is -2.37. The molecular formula is C17H20ClN3O3S. The molecule has 3 rings (SSSR count). The van der Waals surface area contributed by atoms with Crippen molar-refractivity contribution in [3.63, 3.8) is 0 Å². The smallest absolute Gasteiger partial charge is 0.248 e. The van der Waals surface area contributed by atoms with Gasteiger partial charge in [0.05, 0.1) is 11.1 Å². The van der Waals surface area contributed by atoms with Crippen molar-refractivity contribution in [3.05, 3.63) is 41.2 Å². The second-order valence-corrected chi connectivity index (χ2v) is 10.00. The van der Waals surface area contributed by atoms with Crippen LogP contribution >= 0.6 is 11.6 Å². The van der Waals surface area contributed by atoms with Crippen LogP contribution in [0, 0.1) is 0 Å². The lowest BCUT2D eigenvalue weighted by molar-refractivity contribution is -0.116. The highest BCUT2D eigenvalue weighted by Crippen LogP contribution is 2.47. The summed E-state index contributed by atoms with van der Waals surface area (Å²) < 4.78 is 24.3. The molecule has 1 fully saturated rings. The number of carbonyl (C=O) groups excluding carboxylic acids is 1. The number of hydrogen-bond acceptors (Lipinski definition) is 4. The van der Waals surface area contributed by atoms with E-state index in [2.05, 4.69) is 15.3 Å². The van der Waals surface area contributed by atoms with Gasteiger partial charge < -0.3 is 4.98 Å². The number of imidazole rings is 1. The van der Waals surface area contributed by atoms with Crippen LogP contribution in [0.4, 0.5) is 5.95 Å². The average molecular weight is 382 g/mol. The van der Waals surface area contributed by atoms with Gasteiger partial charge in [-0.1, -0.05) is 32.4 Å². The summed E-state index contributed by atoms with van der Waals surface area (Å²) in [7, 11) is -3.80. The van der Waals surface area contributed by atoms with Crippen molar-refractivity contribution < 1.29 is 13.2 Å². The molecule has 1 amide bonds. The van der Waals surface area contributed by atoms with Crippen molar-refractivity contribution in [2.45, 2.75) is 48.7 Å². The van der Waals surface area contributed by atoms with Gasteiger partial charge in [0.2, 0.25) is 11.9 Å². The summed E-state index contributed by atoms with van der Waals surface area (Å²) in [6.45, 7) is 6.04. The van der Waals surface area contributed by atoms with E-state index >= 15 is 0 Å². The number of anilines is 1. The molecule has 0 spiro atoms. The molecule has 134 valence electrons. The van der Waals surface area contributed by atoms with Gasteiger partial charge in [0.15, 0.2) is 14.6 Å². The van der Waals surface area contributed by atoms with E-state index in [1.807, 2.05) is 20.8 Å². The first-order valence-electron chi connectivity index (χ1n) is 7.93. The van der Waals surface area contributed by atoms with Crippen LogP contribution in [0.2, 0.25) is 5.02 Å². The number of sulfone groups is 1. The number of benzene rings is 1. The van der Waals surface area contributed by atoms with E-state index in [0.29, 0.717) is 5.02 Å². The van der Waals surface area contributed by atoms with E-state index in [1.54, 1.807) is 6.20 Å². The molecule has 1 aliphatic rings. The molecule has 1 heterocycles. The molecule has 0 saturated heterocycles. The summed E-state index contributed by atoms with van der Waals surface area (Å²) in [5.74, 6) is -0.301. The molecule has 1 aliphatic carbocycles. The number of rotatable bonds is 4. The van der Waals surface area contributed by atoms with E-state index in [0.717, 1.165) is 5.69 Å². The van der Waals surface area contributed by atoms with Crippen molar-refractivity contribution in [3.8, 4) is 0 Å². The molecular weight excluding hydrogens is 362 g/mol. The number of halogens is 1. The number of nitrogens with zero attached hydrogens (tertiary/aromatic N) is 1. The van der Waals surface area contributed by atoms with Gasteiger partial charge in [-0.3, -0.25) is 10.1 Å². The van der Waals surface area contributed by atoms with Gasteiger partial charge in [-0.2, -0.15) is 0 Å². The zero-order valence-electron chi connectivity index (χ0n) is 14.3. The van der Waals surface area contributed by atoms with Gasteiger partial charge >= 0.3 is 0 Å². The predicted octanol–water partition coefficient (Wildman–Crippen LogP) is 3.31. The van der Waals surface area contributed by atoms with Gasteiger partial charge in [0.25, 0.3) is 0 Å². The van der Waals surface area contributed by atoms with E-state index < -0.39 is 20.5 Å². The predicted molar refractivity (Wildman–Crippen MR) is 96.5 cm³/mol. The van der Waals surface area contributed by atoms with Crippen molar-refractivity contribution in [1.82, 2.24) is 9.97 Å². The first-order chi connectivity index (χ1) is 11.6. The summed E-state index contributed by atoms with van der Waals surface area (Å²) in [5.41, 5.74) is 0.705. The largest absolute Gasteiger partial charge is 0.327 e. The Bertz CT molecular complexity index is 907. The number of carbonyl (C=O) groups is 1. The van der Waals surface area contributed by atoms with Crippen LogP contribution in [-0.2, 0) is 20.0 Å². The first-order valence-corrected chi connectivity index (χ1v) is 9.79. The molecule has 0 unspecified atom stereocenters. The molecule has 8 heteroatoms. The molecule has 0 bridgehead atoms. The molecule has 1 aromatic carbocycles. The van der Waals surface area contributed by atoms with Crippen molar-refractivity contribution in [2.75, 3.05) is 5.32 Å². The van der Waals surface area contributed by atoms with Gasteiger partial charge in [0.1, 0.15) is 0 Å². The lowest BCUT2D eigenvalue weighted by atomic mass is 9.93. The second kappa shape index (κ2) is 5.85. The Morgan fingerprint density at radius 2 is 1.84 bits per heavy atom. The second-order valence-electron chi connectivity index (χ2n) is 7.30. The summed E-state index contributed by atoms with van der Waals surface area (Å²) in [6.07, 6.45) is 2.22. The summed E-state index contributed by atoms with van der Waals surface area (Å²) >= 11 is 5.81. The fraction of sp³-hybridized carbons (Fsp3) is 0.412. The molecule has 6 nitrogen and oxygen atoms in total. The maximum atomic E-state index is 12.9. The van der Waals surface area contributed by atoms with E-state index in [4.69, 9.17) is 11.6 Å². The maximum Gasteiger partial charge on any atom is 0.248 e. The fourth-order valence-electron chi connectivity index (χ4n) is 2.56. The highest BCUT2D eigenvalue weighted by molar-refractivity contribution is 7.94. The van der Waals surface area contributed by atoms with E-state index in [9.17, 15) is 13.2 Å². The van der Waals surface area contributed by atoms with Crippen molar-refractivity contribution in [2.24, 2.45) is 0 Å². The SMILES string of the molecule is CC(C)(C)c1cnc(NC(=O)C2(S(=O)(=O)c3ccc(Cl)cc3)CC2)[nH]1. The number of aromatic nitrogens is 2. The molecule has 0 radical (unpaired) electrons. The number of hydrogen-bond donors (Lipinski definition) is 2. The van der Waals surface area contributed by atoms with Gasteiger partial charge in [0, 0.05) is 16.1 Å². The Balaban J connectivity index is 1.84. The number of nitrogens with one attached hydrogen (secondary N) is 2. The van der Waals surface area contributed by atoms with Crippen LogP contribution < -0.4 is 5.32 Å². The molecule has 25 heavy (non-hydrogen) atoms. The monoisotopic (exact) mass is 381 g/mol. The molecule has 1 aromatic heterocycles. The number of amides is 1. The molecule has 0 aliphatic heterocycles. The molecule has 2 aromatic rings. The summed E-state index contributed by atoms with van der Waals surface area (Å²) in [6, 6.07) is 5.86. The average Bonchev–Trinajstić information content (AvgIpc) is 3.21. The Hall–Kier alpha value is -1.86. The normalized spacial score (nSPS) is 16.5. The highest BCUT2D eigenvalue weighted by atomic mass is 35.5. The number of aromatic amines is 1. The lowest BCUT2D eigenvalue weighted by Gasteiger charge is -2.16. The fourth-order valence-corrected chi connectivity index (χ4v) is 4.56.